The summed E-state index contributed by atoms with van der Waals surface area (Å²) in [6.07, 6.45) is 3.80. The lowest BCUT2D eigenvalue weighted by Gasteiger charge is -2.24. The summed E-state index contributed by atoms with van der Waals surface area (Å²) < 4.78 is 18.0. The lowest BCUT2D eigenvalue weighted by atomic mass is 9.82. The minimum Gasteiger partial charge on any atom is -0.493 e. The van der Waals surface area contributed by atoms with Crippen molar-refractivity contribution in [2.45, 2.75) is 37.3 Å². The summed E-state index contributed by atoms with van der Waals surface area (Å²) in [4.78, 5) is 22.1. The second-order valence-electron chi connectivity index (χ2n) is 7.08. The number of fused-ring (bicyclic) bond motifs is 2. The Hall–Kier alpha value is -2.81. The molecule has 4 rings (SSSR count). The second kappa shape index (κ2) is 8.51. The lowest BCUT2D eigenvalue weighted by molar-refractivity contribution is 0.0962. The van der Waals surface area contributed by atoms with Crippen molar-refractivity contribution in [3.8, 4) is 17.2 Å². The lowest BCUT2D eigenvalue weighted by Crippen LogP contribution is -2.21. The molecule has 9 heteroatoms. The van der Waals surface area contributed by atoms with Gasteiger partial charge in [-0.15, -0.1) is 5.10 Å². The number of Topliss-reactive ketones (excluding diaryl/α,β-unsaturated/α-hetero) is 1. The number of hydrogen-bond acceptors (Lipinski definition) is 8. The predicted octanol–water partition coefficient (Wildman–Crippen LogP) is 3.56. The van der Waals surface area contributed by atoms with Gasteiger partial charge in [-0.25, -0.2) is 9.50 Å². The van der Waals surface area contributed by atoms with E-state index in [2.05, 4.69) is 22.0 Å². The predicted molar refractivity (Wildman–Crippen MR) is 113 cm³/mol. The number of nitrogens with zero attached hydrogens (tertiary/aromatic N) is 4. The van der Waals surface area contributed by atoms with Crippen LogP contribution in [0.2, 0.25) is 0 Å². The molecule has 1 aliphatic rings. The Bertz CT molecular complexity index is 1070. The molecular weight excluding hydrogens is 404 g/mol. The van der Waals surface area contributed by atoms with E-state index in [0.29, 0.717) is 46.6 Å². The highest BCUT2D eigenvalue weighted by atomic mass is 32.2. The molecule has 1 aliphatic carbocycles. The first-order valence-electron chi connectivity index (χ1n) is 9.80. The van der Waals surface area contributed by atoms with Crippen LogP contribution >= 0.6 is 11.8 Å². The van der Waals surface area contributed by atoms with Crippen molar-refractivity contribution >= 4 is 23.3 Å². The molecule has 8 nitrogen and oxygen atoms in total. The number of ether oxygens (including phenoxy) is 3. The van der Waals surface area contributed by atoms with Crippen molar-refractivity contribution in [3.63, 3.8) is 0 Å². The van der Waals surface area contributed by atoms with Crippen molar-refractivity contribution in [2.75, 3.05) is 27.1 Å². The maximum atomic E-state index is 12.9. The van der Waals surface area contributed by atoms with Crippen molar-refractivity contribution in [2.24, 2.45) is 0 Å². The molecule has 0 unspecified atom stereocenters. The molecule has 0 radical (unpaired) electrons. The van der Waals surface area contributed by atoms with Gasteiger partial charge in [-0.05, 0) is 36.5 Å². The van der Waals surface area contributed by atoms with Crippen molar-refractivity contribution in [1.29, 1.82) is 0 Å². The van der Waals surface area contributed by atoms with Crippen LogP contribution in [0.4, 0.5) is 0 Å². The number of methoxy groups -OCH3 is 3. The molecule has 30 heavy (non-hydrogen) atoms. The van der Waals surface area contributed by atoms with Crippen LogP contribution in [0.15, 0.2) is 23.5 Å². The molecule has 2 aromatic heterocycles. The Morgan fingerprint density at radius 1 is 1.10 bits per heavy atom. The molecule has 0 spiro atoms. The van der Waals surface area contributed by atoms with Gasteiger partial charge in [0.15, 0.2) is 17.3 Å². The van der Waals surface area contributed by atoms with E-state index < -0.39 is 0 Å². The summed E-state index contributed by atoms with van der Waals surface area (Å²) in [5, 5.41) is 5.12. The molecule has 1 aromatic carbocycles. The molecule has 0 saturated carbocycles. The van der Waals surface area contributed by atoms with Crippen molar-refractivity contribution < 1.29 is 19.0 Å². The molecule has 2 heterocycles. The number of benzene rings is 1. The summed E-state index contributed by atoms with van der Waals surface area (Å²) in [6, 6.07) is 3.80. The van der Waals surface area contributed by atoms with Crippen LogP contribution < -0.4 is 14.2 Å². The van der Waals surface area contributed by atoms with Crippen LogP contribution in [-0.4, -0.2) is 52.4 Å². The summed E-state index contributed by atoms with van der Waals surface area (Å²) in [6.45, 7) is 2.11. The Morgan fingerprint density at radius 3 is 2.47 bits per heavy atom. The van der Waals surface area contributed by atoms with E-state index in [4.69, 9.17) is 14.2 Å². The largest absolute Gasteiger partial charge is 0.493 e. The molecule has 0 amide bonds. The summed E-state index contributed by atoms with van der Waals surface area (Å²) in [5.74, 6) is 3.15. The van der Waals surface area contributed by atoms with Crippen LogP contribution in [-0.2, 0) is 6.42 Å². The molecule has 0 aliphatic heterocycles. The highest BCUT2D eigenvalue weighted by Gasteiger charge is 2.30. The third-order valence-electron chi connectivity index (χ3n) is 5.16. The first-order chi connectivity index (χ1) is 14.6. The van der Waals surface area contributed by atoms with Crippen LogP contribution in [0.1, 0.15) is 47.3 Å². The summed E-state index contributed by atoms with van der Waals surface area (Å²) in [5.41, 5.74) is 2.31. The minimum atomic E-state index is -0.0366. The van der Waals surface area contributed by atoms with Gasteiger partial charge in [0.1, 0.15) is 0 Å². The molecule has 3 aromatic rings. The maximum absolute atomic E-state index is 12.9. The van der Waals surface area contributed by atoms with E-state index in [9.17, 15) is 4.79 Å². The van der Waals surface area contributed by atoms with Gasteiger partial charge < -0.3 is 14.2 Å². The van der Waals surface area contributed by atoms with Gasteiger partial charge in [0, 0.05) is 18.4 Å². The molecule has 0 fully saturated rings. The van der Waals surface area contributed by atoms with Crippen molar-refractivity contribution in [3.05, 3.63) is 35.2 Å². The second-order valence-corrected chi connectivity index (χ2v) is 8.14. The smallest absolute Gasteiger partial charge is 0.253 e. The highest BCUT2D eigenvalue weighted by Crippen LogP contribution is 2.42. The normalized spacial score (nSPS) is 15.9. The fraction of sp³-hybridized carbons (Fsp3) is 0.429. The minimum absolute atomic E-state index is 0.0366. The van der Waals surface area contributed by atoms with Gasteiger partial charge in [0.05, 0.1) is 32.6 Å². The van der Waals surface area contributed by atoms with E-state index in [0.717, 1.165) is 23.4 Å². The fourth-order valence-corrected chi connectivity index (χ4v) is 4.37. The van der Waals surface area contributed by atoms with E-state index in [1.807, 2.05) is 12.1 Å². The third-order valence-corrected chi connectivity index (χ3v) is 6.20. The molecule has 0 N–H and O–H groups in total. The molecule has 0 saturated heterocycles. The van der Waals surface area contributed by atoms with E-state index >= 15 is 0 Å². The van der Waals surface area contributed by atoms with Gasteiger partial charge in [0.2, 0.25) is 10.9 Å². The highest BCUT2D eigenvalue weighted by molar-refractivity contribution is 7.99. The van der Waals surface area contributed by atoms with Gasteiger partial charge in [-0.2, -0.15) is 4.98 Å². The number of ketones is 1. The van der Waals surface area contributed by atoms with Gasteiger partial charge >= 0.3 is 0 Å². The number of carbonyl (C=O) groups excluding carboxylic acids is 1. The quantitative estimate of drug-likeness (QED) is 0.528. The van der Waals surface area contributed by atoms with Gasteiger partial charge in [-0.3, -0.25) is 4.79 Å². The summed E-state index contributed by atoms with van der Waals surface area (Å²) >= 11 is 1.59. The SMILES string of the molecule is CCCSc1nc2nc3c(cn2n1)C(=O)C[C@H](c1cc(OC)c(OC)c(OC)c1)C3. The Morgan fingerprint density at radius 2 is 1.83 bits per heavy atom. The fourth-order valence-electron chi connectivity index (χ4n) is 3.69. The summed E-state index contributed by atoms with van der Waals surface area (Å²) in [7, 11) is 4.74. The van der Waals surface area contributed by atoms with E-state index in [1.54, 1.807) is 43.8 Å². The number of hydrogen-bond donors (Lipinski definition) is 0. The Balaban J connectivity index is 1.70. The zero-order valence-electron chi connectivity index (χ0n) is 17.5. The van der Waals surface area contributed by atoms with Crippen molar-refractivity contribution in [1.82, 2.24) is 19.6 Å². The Kier molecular flexibility index (Phi) is 5.80. The van der Waals surface area contributed by atoms with Crippen LogP contribution in [0.5, 0.6) is 17.2 Å². The monoisotopic (exact) mass is 428 g/mol. The zero-order valence-corrected chi connectivity index (χ0v) is 18.3. The molecular formula is C21H24N4O4S. The van der Waals surface area contributed by atoms with Crippen LogP contribution in [0.25, 0.3) is 5.78 Å². The number of rotatable bonds is 7. The molecule has 1 atom stereocenters. The Labute approximate surface area is 179 Å². The average molecular weight is 429 g/mol. The standard InChI is InChI=1S/C21H24N4O4S/c1-5-6-30-21-23-20-22-15-7-12(8-16(26)14(15)11-25(20)24-21)13-9-17(27-2)19(29-4)18(10-13)28-3/h9-12H,5-8H2,1-4H3/t12-/m1/s1. The first-order valence-corrected chi connectivity index (χ1v) is 10.8. The van der Waals surface area contributed by atoms with Gasteiger partial charge in [-0.1, -0.05) is 18.7 Å². The van der Waals surface area contributed by atoms with Gasteiger partial charge in [0.25, 0.3) is 5.78 Å². The maximum Gasteiger partial charge on any atom is 0.253 e. The van der Waals surface area contributed by atoms with Crippen LogP contribution in [0.3, 0.4) is 0 Å². The molecule has 158 valence electrons. The van der Waals surface area contributed by atoms with E-state index in [-0.39, 0.29) is 11.7 Å². The molecule has 0 bridgehead atoms. The van der Waals surface area contributed by atoms with Crippen LogP contribution in [0, 0.1) is 0 Å². The number of thioether (sulfide) groups is 1. The zero-order chi connectivity index (χ0) is 21.3. The average Bonchev–Trinajstić information content (AvgIpc) is 3.16. The van der Waals surface area contributed by atoms with E-state index in [1.165, 1.54) is 0 Å². The number of aromatic nitrogens is 4. The third kappa shape index (κ3) is 3.69. The topological polar surface area (TPSA) is 87.8 Å². The first kappa shape index (κ1) is 20.5. The number of carbonyl (C=O) groups is 1.